The van der Waals surface area contributed by atoms with Crippen molar-refractivity contribution in [2.24, 2.45) is 0 Å². The number of methoxy groups -OCH3 is 1. The maximum atomic E-state index is 12.8. The molecule has 1 aromatic carbocycles. The minimum atomic E-state index is -0.277. The van der Waals surface area contributed by atoms with Crippen LogP contribution in [0.25, 0.3) is 0 Å². The molecule has 3 rings (SSSR count). The fraction of sp³-hybridized carbons (Fsp3) is 0.316. The Bertz CT molecular complexity index is 780. The zero-order valence-corrected chi connectivity index (χ0v) is 14.7. The fourth-order valence-electron chi connectivity index (χ4n) is 2.97. The molecule has 0 spiro atoms. The molecule has 0 saturated heterocycles. The summed E-state index contributed by atoms with van der Waals surface area (Å²) in [5, 5.41) is 5.52. The lowest BCUT2D eigenvalue weighted by Crippen LogP contribution is -2.35. The zero-order chi connectivity index (χ0) is 18.4. The van der Waals surface area contributed by atoms with Gasteiger partial charge < -0.3 is 20.3 Å². The number of pyridine rings is 1. The predicted octanol–water partition coefficient (Wildman–Crippen LogP) is 2.44. The zero-order valence-electron chi connectivity index (χ0n) is 14.7. The van der Waals surface area contributed by atoms with Crippen molar-refractivity contribution in [3.8, 4) is 0 Å². The highest BCUT2D eigenvalue weighted by atomic mass is 16.5. The van der Waals surface area contributed by atoms with Gasteiger partial charge in [0.1, 0.15) is 0 Å². The maximum Gasteiger partial charge on any atom is 0.319 e. The number of hydrogen-bond donors (Lipinski definition) is 2. The SMILES string of the molecule is COCCNC(=O)Nc1ccc2c(c1)CCCN2C(=O)c1cccnc1. The van der Waals surface area contributed by atoms with E-state index in [9.17, 15) is 9.59 Å². The molecule has 2 N–H and O–H groups in total. The molecule has 2 heterocycles. The molecular formula is C19H22N4O3. The van der Waals surface area contributed by atoms with E-state index < -0.39 is 0 Å². The molecule has 0 unspecified atom stereocenters. The highest BCUT2D eigenvalue weighted by molar-refractivity contribution is 6.06. The highest BCUT2D eigenvalue weighted by Gasteiger charge is 2.24. The lowest BCUT2D eigenvalue weighted by Gasteiger charge is -2.30. The number of carbonyl (C=O) groups is 2. The molecule has 2 aromatic rings. The van der Waals surface area contributed by atoms with Crippen molar-refractivity contribution in [3.05, 3.63) is 53.9 Å². The molecule has 0 atom stereocenters. The molecule has 7 nitrogen and oxygen atoms in total. The van der Waals surface area contributed by atoms with Gasteiger partial charge in [0, 0.05) is 44.0 Å². The van der Waals surface area contributed by atoms with Crippen molar-refractivity contribution in [1.82, 2.24) is 10.3 Å². The maximum absolute atomic E-state index is 12.8. The van der Waals surface area contributed by atoms with Crippen LogP contribution in [0.4, 0.5) is 16.2 Å². The monoisotopic (exact) mass is 354 g/mol. The summed E-state index contributed by atoms with van der Waals surface area (Å²) in [5.41, 5.74) is 3.20. The van der Waals surface area contributed by atoms with Crippen LogP contribution in [0.2, 0.25) is 0 Å². The van der Waals surface area contributed by atoms with E-state index in [1.807, 2.05) is 18.2 Å². The van der Waals surface area contributed by atoms with Crippen LogP contribution in [0.5, 0.6) is 0 Å². The Morgan fingerprint density at radius 3 is 2.96 bits per heavy atom. The van der Waals surface area contributed by atoms with Crippen LogP contribution in [-0.4, -0.2) is 43.7 Å². The topological polar surface area (TPSA) is 83.6 Å². The normalized spacial score (nSPS) is 13.0. The van der Waals surface area contributed by atoms with Crippen molar-refractivity contribution < 1.29 is 14.3 Å². The molecule has 1 aliphatic heterocycles. The van der Waals surface area contributed by atoms with Gasteiger partial charge in [-0.1, -0.05) is 0 Å². The molecule has 3 amide bonds. The number of rotatable bonds is 5. The van der Waals surface area contributed by atoms with E-state index in [1.165, 1.54) is 0 Å². The van der Waals surface area contributed by atoms with E-state index in [-0.39, 0.29) is 11.9 Å². The number of aromatic nitrogens is 1. The summed E-state index contributed by atoms with van der Waals surface area (Å²) in [4.78, 5) is 30.4. The first-order valence-corrected chi connectivity index (χ1v) is 8.57. The second-order valence-corrected chi connectivity index (χ2v) is 6.02. The Labute approximate surface area is 152 Å². The second-order valence-electron chi connectivity index (χ2n) is 6.02. The van der Waals surface area contributed by atoms with Gasteiger partial charge in [0.2, 0.25) is 0 Å². The molecule has 0 radical (unpaired) electrons. The molecular weight excluding hydrogens is 332 g/mol. The van der Waals surface area contributed by atoms with E-state index in [0.717, 1.165) is 24.1 Å². The standard InChI is InChI=1S/C19H22N4O3/c1-26-11-9-21-19(25)22-16-6-7-17-14(12-16)5-3-10-23(17)18(24)15-4-2-8-20-13-15/h2,4,6-8,12-13H,3,5,9-11H2,1H3,(H2,21,22,25). The molecule has 1 aliphatic rings. The number of fused-ring (bicyclic) bond motifs is 1. The number of nitrogens with zero attached hydrogens (tertiary/aromatic N) is 2. The number of amides is 3. The number of anilines is 2. The van der Waals surface area contributed by atoms with Gasteiger partial charge in [-0.3, -0.25) is 9.78 Å². The fourth-order valence-corrected chi connectivity index (χ4v) is 2.97. The van der Waals surface area contributed by atoms with Crippen molar-refractivity contribution in [3.63, 3.8) is 0 Å². The average Bonchev–Trinajstić information content (AvgIpc) is 2.67. The van der Waals surface area contributed by atoms with Gasteiger partial charge in [-0.05, 0) is 48.7 Å². The Balaban J connectivity index is 1.73. The van der Waals surface area contributed by atoms with Crippen LogP contribution >= 0.6 is 0 Å². The number of aryl methyl sites for hydroxylation is 1. The first kappa shape index (κ1) is 17.9. The van der Waals surface area contributed by atoms with Gasteiger partial charge in [0.15, 0.2) is 0 Å². The number of carbonyl (C=O) groups excluding carboxylic acids is 2. The smallest absolute Gasteiger partial charge is 0.319 e. The van der Waals surface area contributed by atoms with Crippen molar-refractivity contribution in [2.75, 3.05) is 37.0 Å². The van der Waals surface area contributed by atoms with Gasteiger partial charge in [0.25, 0.3) is 5.91 Å². The van der Waals surface area contributed by atoms with Gasteiger partial charge in [-0.15, -0.1) is 0 Å². The van der Waals surface area contributed by atoms with Gasteiger partial charge in [-0.2, -0.15) is 0 Å². The summed E-state index contributed by atoms with van der Waals surface area (Å²) in [7, 11) is 1.58. The van der Waals surface area contributed by atoms with E-state index in [0.29, 0.717) is 30.9 Å². The predicted molar refractivity (Wildman–Crippen MR) is 99.6 cm³/mol. The van der Waals surface area contributed by atoms with Crippen LogP contribution < -0.4 is 15.5 Å². The van der Waals surface area contributed by atoms with Crippen LogP contribution in [0.1, 0.15) is 22.3 Å². The largest absolute Gasteiger partial charge is 0.383 e. The summed E-state index contributed by atoms with van der Waals surface area (Å²) >= 11 is 0. The minimum absolute atomic E-state index is 0.0583. The number of benzene rings is 1. The molecule has 26 heavy (non-hydrogen) atoms. The number of hydrogen-bond acceptors (Lipinski definition) is 4. The Morgan fingerprint density at radius 2 is 2.19 bits per heavy atom. The lowest BCUT2D eigenvalue weighted by molar-refractivity contribution is 0.0984. The number of urea groups is 1. The van der Waals surface area contributed by atoms with Gasteiger partial charge in [0.05, 0.1) is 12.2 Å². The summed E-state index contributed by atoms with van der Waals surface area (Å²) in [5.74, 6) is -0.0583. The Kier molecular flexibility index (Phi) is 5.80. The van der Waals surface area contributed by atoms with Gasteiger partial charge >= 0.3 is 6.03 Å². The Morgan fingerprint density at radius 1 is 1.31 bits per heavy atom. The summed E-state index contributed by atoms with van der Waals surface area (Å²) < 4.78 is 4.90. The van der Waals surface area contributed by atoms with Crippen LogP contribution in [0.15, 0.2) is 42.7 Å². The van der Waals surface area contributed by atoms with Crippen LogP contribution in [0, 0.1) is 0 Å². The average molecular weight is 354 g/mol. The van der Waals surface area contributed by atoms with E-state index in [2.05, 4.69) is 15.6 Å². The molecule has 0 bridgehead atoms. The van der Waals surface area contributed by atoms with Crippen molar-refractivity contribution in [2.45, 2.75) is 12.8 Å². The van der Waals surface area contributed by atoms with Gasteiger partial charge in [-0.25, -0.2) is 4.79 Å². The molecule has 0 aliphatic carbocycles. The molecule has 7 heteroatoms. The van der Waals surface area contributed by atoms with E-state index >= 15 is 0 Å². The van der Waals surface area contributed by atoms with Crippen LogP contribution in [-0.2, 0) is 11.2 Å². The first-order valence-electron chi connectivity index (χ1n) is 8.57. The van der Waals surface area contributed by atoms with Crippen molar-refractivity contribution >= 4 is 23.3 Å². The Hall–Kier alpha value is -2.93. The highest BCUT2D eigenvalue weighted by Crippen LogP contribution is 2.30. The quantitative estimate of drug-likeness (QED) is 0.808. The summed E-state index contributed by atoms with van der Waals surface area (Å²) in [6, 6.07) is 8.86. The summed E-state index contributed by atoms with van der Waals surface area (Å²) in [6.45, 7) is 1.58. The van der Waals surface area contributed by atoms with E-state index in [1.54, 1.807) is 36.5 Å². The molecule has 1 aromatic heterocycles. The van der Waals surface area contributed by atoms with Crippen molar-refractivity contribution in [1.29, 1.82) is 0 Å². The molecule has 136 valence electrons. The van der Waals surface area contributed by atoms with Crippen LogP contribution in [0.3, 0.4) is 0 Å². The first-order chi connectivity index (χ1) is 12.7. The second kappa shape index (κ2) is 8.44. The number of nitrogens with one attached hydrogen (secondary N) is 2. The number of ether oxygens (including phenoxy) is 1. The minimum Gasteiger partial charge on any atom is -0.383 e. The third-order valence-electron chi connectivity index (χ3n) is 4.20. The third kappa shape index (κ3) is 4.18. The lowest BCUT2D eigenvalue weighted by atomic mass is 10.00. The molecule has 0 fully saturated rings. The molecule has 0 saturated carbocycles. The third-order valence-corrected chi connectivity index (χ3v) is 4.20. The summed E-state index contributed by atoms with van der Waals surface area (Å²) in [6.07, 6.45) is 4.98. The van der Waals surface area contributed by atoms with E-state index in [4.69, 9.17) is 4.74 Å².